The predicted molar refractivity (Wildman–Crippen MR) is 60.9 cm³/mol. The van der Waals surface area contributed by atoms with Gasteiger partial charge in [-0.2, -0.15) is 0 Å². The molecule has 1 heterocycles. The average Bonchev–Trinajstić information content (AvgIpc) is 1.99. The predicted octanol–water partition coefficient (Wildman–Crippen LogP) is 0.616. The number of aryl methyl sites for hydroxylation is 1. The van der Waals surface area contributed by atoms with E-state index < -0.39 is 0 Å². The van der Waals surface area contributed by atoms with Gasteiger partial charge in [-0.3, -0.25) is 4.79 Å². The zero-order chi connectivity index (χ0) is 11.6. The largest absolute Gasteiger partial charge is 0.363 e. The first-order valence-corrected chi connectivity index (χ1v) is 4.93. The number of H-pyrrole nitrogens is 1. The fraction of sp³-hybridized carbons (Fsp3) is 0.600. The van der Waals surface area contributed by atoms with Crippen LogP contribution >= 0.6 is 0 Å². The molecule has 1 aromatic rings. The number of aromatic nitrogens is 2. The highest BCUT2D eigenvalue weighted by molar-refractivity contribution is 5.36. The Bertz CT molecular complexity index is 395. The summed E-state index contributed by atoms with van der Waals surface area (Å²) >= 11 is 0. The molecular weight excluding hydrogens is 192 g/mol. The SMILES string of the molecule is Cc1nc(NC(C)(C)C(C)N)cc(=O)[nH]1. The first-order chi connectivity index (χ1) is 6.81. The number of anilines is 1. The van der Waals surface area contributed by atoms with Gasteiger partial charge in [-0.15, -0.1) is 0 Å². The lowest BCUT2D eigenvalue weighted by Gasteiger charge is -2.30. The minimum Gasteiger partial charge on any atom is -0.363 e. The molecule has 4 N–H and O–H groups in total. The maximum Gasteiger partial charge on any atom is 0.252 e. The van der Waals surface area contributed by atoms with Crippen LogP contribution < -0.4 is 16.6 Å². The number of hydrogen-bond acceptors (Lipinski definition) is 4. The van der Waals surface area contributed by atoms with Crippen LogP contribution in [0.15, 0.2) is 10.9 Å². The van der Waals surface area contributed by atoms with E-state index in [1.165, 1.54) is 6.07 Å². The summed E-state index contributed by atoms with van der Waals surface area (Å²) in [5.41, 5.74) is 5.36. The number of hydrogen-bond donors (Lipinski definition) is 3. The number of nitrogens with one attached hydrogen (secondary N) is 2. The maximum atomic E-state index is 11.2. The molecule has 5 nitrogen and oxygen atoms in total. The molecule has 0 fully saturated rings. The van der Waals surface area contributed by atoms with Crippen LogP contribution in [-0.4, -0.2) is 21.5 Å². The van der Waals surface area contributed by atoms with E-state index in [-0.39, 0.29) is 17.1 Å². The van der Waals surface area contributed by atoms with Gasteiger partial charge in [0.05, 0.1) is 0 Å². The smallest absolute Gasteiger partial charge is 0.252 e. The maximum absolute atomic E-state index is 11.2. The van der Waals surface area contributed by atoms with Crippen LogP contribution in [0.1, 0.15) is 26.6 Å². The molecule has 0 aromatic carbocycles. The molecule has 0 saturated heterocycles. The van der Waals surface area contributed by atoms with Gasteiger partial charge in [-0.1, -0.05) is 0 Å². The monoisotopic (exact) mass is 210 g/mol. The van der Waals surface area contributed by atoms with Crippen molar-refractivity contribution < 1.29 is 0 Å². The van der Waals surface area contributed by atoms with Gasteiger partial charge in [-0.05, 0) is 27.7 Å². The number of rotatable bonds is 3. The molecule has 0 aliphatic heterocycles. The Kier molecular flexibility index (Phi) is 3.14. The average molecular weight is 210 g/mol. The molecule has 84 valence electrons. The minimum atomic E-state index is -0.298. The number of nitrogens with two attached hydrogens (primary N) is 1. The van der Waals surface area contributed by atoms with Gasteiger partial charge >= 0.3 is 0 Å². The van der Waals surface area contributed by atoms with E-state index in [1.807, 2.05) is 20.8 Å². The molecule has 0 amide bonds. The topological polar surface area (TPSA) is 83.8 Å². The third kappa shape index (κ3) is 3.06. The normalized spacial score (nSPS) is 13.7. The molecule has 0 saturated carbocycles. The lowest BCUT2D eigenvalue weighted by Crippen LogP contribution is -2.47. The second kappa shape index (κ2) is 4.02. The minimum absolute atomic E-state index is 0.0427. The van der Waals surface area contributed by atoms with Crippen molar-refractivity contribution >= 4 is 5.82 Å². The fourth-order valence-corrected chi connectivity index (χ4v) is 1.09. The second-order valence-electron chi connectivity index (χ2n) is 4.35. The van der Waals surface area contributed by atoms with Crippen molar-refractivity contribution in [1.29, 1.82) is 0 Å². The summed E-state index contributed by atoms with van der Waals surface area (Å²) in [6.45, 7) is 7.59. The van der Waals surface area contributed by atoms with E-state index in [0.717, 1.165) is 0 Å². The van der Waals surface area contributed by atoms with E-state index in [2.05, 4.69) is 15.3 Å². The summed E-state index contributed by atoms with van der Waals surface area (Å²) in [4.78, 5) is 18.0. The zero-order valence-electron chi connectivity index (χ0n) is 9.59. The van der Waals surface area contributed by atoms with Gasteiger partial charge in [0, 0.05) is 17.6 Å². The molecule has 0 aliphatic carbocycles. The van der Waals surface area contributed by atoms with Crippen LogP contribution in [0.25, 0.3) is 0 Å². The molecule has 1 atom stereocenters. The van der Waals surface area contributed by atoms with Gasteiger partial charge in [-0.25, -0.2) is 4.98 Å². The Morgan fingerprint density at radius 1 is 1.60 bits per heavy atom. The van der Waals surface area contributed by atoms with Crippen molar-refractivity contribution in [3.63, 3.8) is 0 Å². The van der Waals surface area contributed by atoms with Gasteiger partial charge in [0.1, 0.15) is 11.6 Å². The molecule has 5 heteroatoms. The van der Waals surface area contributed by atoms with Crippen molar-refractivity contribution in [2.24, 2.45) is 5.73 Å². The molecular formula is C10H18N4O. The highest BCUT2D eigenvalue weighted by atomic mass is 16.1. The van der Waals surface area contributed by atoms with Gasteiger partial charge in [0.25, 0.3) is 5.56 Å². The van der Waals surface area contributed by atoms with E-state index in [9.17, 15) is 4.79 Å². The van der Waals surface area contributed by atoms with E-state index in [4.69, 9.17) is 5.73 Å². The van der Waals surface area contributed by atoms with Gasteiger partial charge < -0.3 is 16.0 Å². The van der Waals surface area contributed by atoms with Crippen LogP contribution in [0.5, 0.6) is 0 Å². The fourth-order valence-electron chi connectivity index (χ4n) is 1.09. The van der Waals surface area contributed by atoms with E-state index >= 15 is 0 Å². The van der Waals surface area contributed by atoms with Crippen LogP contribution in [0.3, 0.4) is 0 Å². The summed E-state index contributed by atoms with van der Waals surface area (Å²) in [6, 6.07) is 1.39. The van der Waals surface area contributed by atoms with Crippen LogP contribution in [-0.2, 0) is 0 Å². The highest BCUT2D eigenvalue weighted by Crippen LogP contribution is 2.13. The van der Waals surface area contributed by atoms with Crippen LogP contribution in [0.4, 0.5) is 5.82 Å². The Morgan fingerprint density at radius 2 is 2.20 bits per heavy atom. The lowest BCUT2D eigenvalue weighted by atomic mass is 9.97. The van der Waals surface area contributed by atoms with E-state index in [1.54, 1.807) is 6.92 Å². The Morgan fingerprint density at radius 3 is 2.67 bits per heavy atom. The van der Waals surface area contributed by atoms with Crippen molar-refractivity contribution in [1.82, 2.24) is 9.97 Å². The van der Waals surface area contributed by atoms with Crippen molar-refractivity contribution in [2.45, 2.75) is 39.3 Å². The molecule has 0 bridgehead atoms. The second-order valence-corrected chi connectivity index (χ2v) is 4.35. The Labute approximate surface area is 89.1 Å². The summed E-state index contributed by atoms with van der Waals surface area (Å²) in [6.07, 6.45) is 0. The molecule has 1 aromatic heterocycles. The third-order valence-corrected chi connectivity index (χ3v) is 2.45. The molecule has 0 radical (unpaired) electrons. The molecule has 0 spiro atoms. The summed E-state index contributed by atoms with van der Waals surface area (Å²) < 4.78 is 0. The van der Waals surface area contributed by atoms with Crippen molar-refractivity contribution in [2.75, 3.05) is 5.32 Å². The first kappa shape index (κ1) is 11.7. The Hall–Kier alpha value is -1.36. The van der Waals surface area contributed by atoms with Gasteiger partial charge in [0.15, 0.2) is 0 Å². The van der Waals surface area contributed by atoms with Crippen molar-refractivity contribution in [3.05, 3.63) is 22.2 Å². The summed E-state index contributed by atoms with van der Waals surface area (Å²) in [5.74, 6) is 1.14. The first-order valence-electron chi connectivity index (χ1n) is 4.93. The third-order valence-electron chi connectivity index (χ3n) is 2.45. The summed E-state index contributed by atoms with van der Waals surface area (Å²) in [5, 5.41) is 3.14. The quantitative estimate of drug-likeness (QED) is 0.682. The van der Waals surface area contributed by atoms with E-state index in [0.29, 0.717) is 11.6 Å². The Balaban J connectivity index is 2.94. The molecule has 0 aliphatic rings. The van der Waals surface area contributed by atoms with Crippen LogP contribution in [0, 0.1) is 6.92 Å². The van der Waals surface area contributed by atoms with Gasteiger partial charge in [0.2, 0.25) is 0 Å². The molecule has 1 rings (SSSR count). The number of aromatic amines is 1. The van der Waals surface area contributed by atoms with Crippen molar-refractivity contribution in [3.8, 4) is 0 Å². The lowest BCUT2D eigenvalue weighted by molar-refractivity contribution is 0.469. The molecule has 15 heavy (non-hydrogen) atoms. The molecule has 1 unspecified atom stereocenters. The zero-order valence-corrected chi connectivity index (χ0v) is 9.59. The standard InChI is InChI=1S/C10H18N4O/c1-6(11)10(3,4)14-8-5-9(15)13-7(2)12-8/h5-6H,11H2,1-4H3,(H2,12,13,14,15). The van der Waals surface area contributed by atoms with Crippen LogP contribution in [0.2, 0.25) is 0 Å². The summed E-state index contributed by atoms with van der Waals surface area (Å²) in [7, 11) is 0. The number of nitrogens with zero attached hydrogens (tertiary/aromatic N) is 1. The highest BCUT2D eigenvalue weighted by Gasteiger charge is 2.22.